The first kappa shape index (κ1) is 9.23. The van der Waals surface area contributed by atoms with Crippen molar-refractivity contribution in [3.63, 3.8) is 0 Å². The zero-order valence-corrected chi connectivity index (χ0v) is 7.12. The van der Waals surface area contributed by atoms with Gasteiger partial charge in [0.05, 0.1) is 6.61 Å². The molecule has 0 spiro atoms. The fraction of sp³-hybridized carbons (Fsp3) is 0.400. The van der Waals surface area contributed by atoms with Crippen molar-refractivity contribution in [2.75, 3.05) is 6.61 Å². The molecule has 0 aliphatic carbocycles. The van der Waals surface area contributed by atoms with Gasteiger partial charge in [0, 0.05) is 0 Å². The Bertz CT molecular complexity index is 216. The molecule has 12 heavy (non-hydrogen) atoms. The molecule has 1 aliphatic heterocycles. The van der Waals surface area contributed by atoms with Crippen molar-refractivity contribution in [1.29, 1.82) is 0 Å². The monoisotopic (exact) mass is 166 g/mol. The highest BCUT2D eigenvalue weighted by Crippen LogP contribution is 2.25. The van der Waals surface area contributed by atoms with Gasteiger partial charge in [-0.2, -0.15) is 0 Å². The number of ether oxygens (including phenoxy) is 1. The molecule has 0 aromatic carbocycles. The summed E-state index contributed by atoms with van der Waals surface area (Å²) in [4.78, 5) is 0. The molecule has 0 fully saturated rings. The fourth-order valence-electron chi connectivity index (χ4n) is 1.31. The maximum absolute atomic E-state index is 9.35. The molecule has 0 aromatic rings. The molecule has 66 valence electrons. The average molecular weight is 166 g/mol. The molecule has 1 unspecified atom stereocenters. The van der Waals surface area contributed by atoms with E-state index >= 15 is 0 Å². The first-order chi connectivity index (χ1) is 5.79. The molecule has 1 rings (SSSR count). The Morgan fingerprint density at radius 3 is 2.67 bits per heavy atom. The lowest BCUT2D eigenvalue weighted by Gasteiger charge is -2.04. The van der Waals surface area contributed by atoms with E-state index in [-0.39, 0.29) is 0 Å². The minimum atomic E-state index is -0.724. The van der Waals surface area contributed by atoms with E-state index in [0.717, 1.165) is 17.6 Å². The van der Waals surface area contributed by atoms with E-state index < -0.39 is 6.29 Å². The number of hydrogen-bond donors (Lipinski definition) is 1. The first-order valence-corrected chi connectivity index (χ1v) is 4.01. The van der Waals surface area contributed by atoms with E-state index in [1.807, 2.05) is 6.08 Å². The average Bonchev–Trinajstić information content (AvgIpc) is 2.37. The zero-order chi connectivity index (χ0) is 8.97. The number of allylic oxidation sites excluding steroid dienone is 2. The van der Waals surface area contributed by atoms with Gasteiger partial charge in [0.25, 0.3) is 0 Å². The summed E-state index contributed by atoms with van der Waals surface area (Å²) in [5.41, 5.74) is 2.09. The predicted octanol–water partition coefficient (Wildman–Crippen LogP) is 1.78. The molecular weight excluding hydrogens is 152 g/mol. The maximum atomic E-state index is 9.35. The van der Waals surface area contributed by atoms with E-state index in [4.69, 9.17) is 4.74 Å². The Morgan fingerprint density at radius 2 is 2.08 bits per heavy atom. The van der Waals surface area contributed by atoms with Crippen molar-refractivity contribution in [1.82, 2.24) is 0 Å². The highest BCUT2D eigenvalue weighted by Gasteiger charge is 2.21. The summed E-state index contributed by atoms with van der Waals surface area (Å²) in [5, 5.41) is 9.35. The van der Waals surface area contributed by atoms with Crippen molar-refractivity contribution in [3.05, 3.63) is 36.5 Å². The van der Waals surface area contributed by atoms with Crippen LogP contribution >= 0.6 is 0 Å². The molecule has 1 N–H and O–H groups in total. The van der Waals surface area contributed by atoms with E-state index in [2.05, 4.69) is 13.2 Å². The minimum Gasteiger partial charge on any atom is -0.364 e. The third-order valence-corrected chi connectivity index (χ3v) is 1.92. The molecule has 0 bridgehead atoms. The molecule has 1 heterocycles. The highest BCUT2D eigenvalue weighted by molar-refractivity contribution is 5.24. The van der Waals surface area contributed by atoms with Gasteiger partial charge in [-0.1, -0.05) is 12.2 Å². The van der Waals surface area contributed by atoms with Gasteiger partial charge in [-0.15, -0.1) is 13.2 Å². The van der Waals surface area contributed by atoms with Gasteiger partial charge in [0.15, 0.2) is 6.29 Å². The zero-order valence-electron chi connectivity index (χ0n) is 7.12. The Balaban J connectivity index is 2.73. The quantitative estimate of drug-likeness (QED) is 0.645. The number of hydrogen-bond acceptors (Lipinski definition) is 2. The van der Waals surface area contributed by atoms with Crippen LogP contribution in [-0.2, 0) is 4.74 Å². The highest BCUT2D eigenvalue weighted by atomic mass is 16.6. The minimum absolute atomic E-state index is 0.524. The van der Waals surface area contributed by atoms with Crippen molar-refractivity contribution >= 4 is 0 Å². The van der Waals surface area contributed by atoms with Crippen LogP contribution in [0.15, 0.2) is 36.5 Å². The van der Waals surface area contributed by atoms with Crippen LogP contribution < -0.4 is 0 Å². The molecule has 2 nitrogen and oxygen atoms in total. The summed E-state index contributed by atoms with van der Waals surface area (Å²) in [6, 6.07) is 0. The van der Waals surface area contributed by atoms with E-state index in [1.165, 1.54) is 0 Å². The van der Waals surface area contributed by atoms with Crippen LogP contribution in [0.2, 0.25) is 0 Å². The van der Waals surface area contributed by atoms with Crippen LogP contribution in [0.25, 0.3) is 0 Å². The van der Waals surface area contributed by atoms with Crippen LogP contribution in [0.1, 0.15) is 12.8 Å². The van der Waals surface area contributed by atoms with Crippen molar-refractivity contribution in [2.45, 2.75) is 19.1 Å². The smallest absolute Gasteiger partial charge is 0.178 e. The molecule has 0 radical (unpaired) electrons. The molecule has 1 aliphatic rings. The second-order valence-electron chi connectivity index (χ2n) is 2.78. The number of aliphatic hydroxyl groups is 1. The second-order valence-corrected chi connectivity index (χ2v) is 2.78. The standard InChI is InChI=1S/C10H14O2/c1-3-5-8-7-12-10(11)9(8)6-4-2/h3-4,10-11H,1-2,5-7H2. The summed E-state index contributed by atoms with van der Waals surface area (Å²) < 4.78 is 5.07. The summed E-state index contributed by atoms with van der Waals surface area (Å²) in [7, 11) is 0. The van der Waals surface area contributed by atoms with E-state index in [1.54, 1.807) is 6.08 Å². The fourth-order valence-corrected chi connectivity index (χ4v) is 1.31. The molecule has 0 amide bonds. The third-order valence-electron chi connectivity index (χ3n) is 1.92. The third kappa shape index (κ3) is 1.84. The predicted molar refractivity (Wildman–Crippen MR) is 48.6 cm³/mol. The molecule has 0 saturated heterocycles. The summed E-state index contributed by atoms with van der Waals surface area (Å²) in [6.45, 7) is 7.80. The van der Waals surface area contributed by atoms with Crippen LogP contribution in [0.3, 0.4) is 0 Å². The Labute approximate surface area is 72.9 Å². The molecule has 0 saturated carbocycles. The second kappa shape index (κ2) is 4.24. The maximum Gasteiger partial charge on any atom is 0.178 e. The Hall–Kier alpha value is -0.860. The lowest BCUT2D eigenvalue weighted by atomic mass is 10.0. The lowest BCUT2D eigenvalue weighted by molar-refractivity contribution is -0.0470. The largest absolute Gasteiger partial charge is 0.364 e. The van der Waals surface area contributed by atoms with Crippen molar-refractivity contribution in [2.24, 2.45) is 0 Å². The van der Waals surface area contributed by atoms with Gasteiger partial charge in [-0.25, -0.2) is 0 Å². The number of aliphatic hydroxyl groups excluding tert-OH is 1. The van der Waals surface area contributed by atoms with Crippen molar-refractivity contribution < 1.29 is 9.84 Å². The van der Waals surface area contributed by atoms with E-state index in [9.17, 15) is 5.11 Å². The van der Waals surface area contributed by atoms with Gasteiger partial charge in [0.1, 0.15) is 0 Å². The van der Waals surface area contributed by atoms with Gasteiger partial charge >= 0.3 is 0 Å². The van der Waals surface area contributed by atoms with Crippen LogP contribution in [0, 0.1) is 0 Å². The summed E-state index contributed by atoms with van der Waals surface area (Å²) >= 11 is 0. The molecule has 2 heteroatoms. The Kier molecular flexibility index (Phi) is 3.26. The van der Waals surface area contributed by atoms with Gasteiger partial charge in [-0.3, -0.25) is 0 Å². The number of rotatable bonds is 4. The van der Waals surface area contributed by atoms with Crippen LogP contribution in [0.4, 0.5) is 0 Å². The van der Waals surface area contributed by atoms with E-state index in [0.29, 0.717) is 13.0 Å². The molecule has 1 atom stereocenters. The van der Waals surface area contributed by atoms with Crippen LogP contribution in [0.5, 0.6) is 0 Å². The van der Waals surface area contributed by atoms with Gasteiger partial charge < -0.3 is 9.84 Å². The van der Waals surface area contributed by atoms with Gasteiger partial charge in [0.2, 0.25) is 0 Å². The summed E-state index contributed by atoms with van der Waals surface area (Å²) in [6.07, 6.45) is 4.36. The van der Waals surface area contributed by atoms with Gasteiger partial charge in [-0.05, 0) is 24.0 Å². The summed E-state index contributed by atoms with van der Waals surface area (Å²) in [5.74, 6) is 0. The van der Waals surface area contributed by atoms with Crippen molar-refractivity contribution in [3.8, 4) is 0 Å². The Morgan fingerprint density at radius 1 is 1.42 bits per heavy atom. The molecular formula is C10H14O2. The molecule has 0 aromatic heterocycles. The SMILES string of the molecule is C=CCC1=C(CC=C)C(O)OC1. The first-order valence-electron chi connectivity index (χ1n) is 4.01. The van der Waals surface area contributed by atoms with Crippen LogP contribution in [-0.4, -0.2) is 18.0 Å². The lowest BCUT2D eigenvalue weighted by Crippen LogP contribution is -2.07. The topological polar surface area (TPSA) is 29.5 Å². The normalized spacial score (nSPS) is 22.9.